The van der Waals surface area contributed by atoms with Gasteiger partial charge in [0.2, 0.25) is 0 Å². The second kappa shape index (κ2) is 4.65. The van der Waals surface area contributed by atoms with Crippen LogP contribution >= 0.6 is 12.4 Å². The van der Waals surface area contributed by atoms with Gasteiger partial charge in [-0.2, -0.15) is 0 Å². The monoisotopic (exact) mass is 216 g/mol. The Labute approximate surface area is 92.9 Å². The van der Waals surface area contributed by atoms with Gasteiger partial charge in [0, 0.05) is 25.7 Å². The highest BCUT2D eigenvalue weighted by Gasteiger charge is 2.53. The quantitative estimate of drug-likeness (QED) is 0.728. The fourth-order valence-corrected chi connectivity index (χ4v) is 2.38. The molecule has 0 amide bonds. The maximum atomic E-state index is 5.87. The predicted octanol–water partition coefficient (Wildman–Crippen LogP) is 1.65. The highest BCUT2D eigenvalue weighted by molar-refractivity contribution is 5.85. The summed E-state index contributed by atoms with van der Waals surface area (Å²) in [4.78, 5) is 2.55. The van der Waals surface area contributed by atoms with Crippen molar-refractivity contribution in [2.24, 2.45) is 17.6 Å². The lowest BCUT2D eigenvalue weighted by molar-refractivity contribution is 0.303. The van der Waals surface area contributed by atoms with Crippen molar-refractivity contribution in [2.45, 2.75) is 26.3 Å². The van der Waals surface area contributed by atoms with Crippen molar-refractivity contribution in [3.05, 3.63) is 11.6 Å². The fourth-order valence-electron chi connectivity index (χ4n) is 2.38. The lowest BCUT2D eigenvalue weighted by Crippen LogP contribution is -2.28. The van der Waals surface area contributed by atoms with Crippen LogP contribution in [0, 0.1) is 11.8 Å². The number of nitrogens with zero attached hydrogens (tertiary/aromatic N) is 1. The van der Waals surface area contributed by atoms with Gasteiger partial charge in [0.15, 0.2) is 0 Å². The molecule has 14 heavy (non-hydrogen) atoms. The summed E-state index contributed by atoms with van der Waals surface area (Å²) >= 11 is 0. The van der Waals surface area contributed by atoms with Crippen molar-refractivity contribution in [3.8, 4) is 0 Å². The molecule has 0 radical (unpaired) electrons. The second-order valence-electron chi connectivity index (χ2n) is 4.73. The maximum Gasteiger partial charge on any atom is 0.0127 e. The van der Waals surface area contributed by atoms with E-state index in [1.54, 1.807) is 0 Å². The number of hydrogen-bond acceptors (Lipinski definition) is 2. The van der Waals surface area contributed by atoms with Crippen LogP contribution in [0.4, 0.5) is 0 Å². The molecule has 1 aliphatic carbocycles. The molecule has 0 unspecified atom stereocenters. The van der Waals surface area contributed by atoms with E-state index in [1.165, 1.54) is 31.6 Å². The standard InChI is InChI=1S/C11H20N2.ClH/c1-8(2)4-3-5-13-6-9-10(7-13)11(9)12;/h4,9-11H,3,5-7,12H2,1-2H3;1H/t9-,10+,11+;. The Morgan fingerprint density at radius 2 is 1.93 bits per heavy atom. The third-order valence-electron chi connectivity index (χ3n) is 3.33. The number of fused-ring (bicyclic) bond motifs is 1. The number of hydrogen-bond donors (Lipinski definition) is 1. The molecule has 0 aromatic heterocycles. The van der Waals surface area contributed by atoms with Gasteiger partial charge in [-0.05, 0) is 32.1 Å². The van der Waals surface area contributed by atoms with Crippen LogP contribution in [0.15, 0.2) is 11.6 Å². The molecule has 1 aliphatic heterocycles. The molecule has 1 saturated carbocycles. The minimum Gasteiger partial charge on any atom is -0.327 e. The first kappa shape index (κ1) is 12.0. The lowest BCUT2D eigenvalue weighted by atomic mass is 10.2. The van der Waals surface area contributed by atoms with Gasteiger partial charge in [-0.1, -0.05) is 11.6 Å². The minimum atomic E-state index is 0. The zero-order valence-electron chi connectivity index (χ0n) is 9.07. The summed E-state index contributed by atoms with van der Waals surface area (Å²) in [6, 6.07) is 0.541. The number of halogens is 1. The SMILES string of the molecule is CC(C)=CCCN1C[C@@H]2[C@@H](N)[C@@H]2C1.Cl. The van der Waals surface area contributed by atoms with E-state index in [4.69, 9.17) is 5.73 Å². The van der Waals surface area contributed by atoms with Gasteiger partial charge in [0.05, 0.1) is 0 Å². The number of likely N-dealkylation sites (tertiary alicyclic amines) is 1. The fraction of sp³-hybridized carbons (Fsp3) is 0.818. The topological polar surface area (TPSA) is 29.3 Å². The highest BCUT2D eigenvalue weighted by Crippen LogP contribution is 2.43. The summed E-state index contributed by atoms with van der Waals surface area (Å²) in [6.45, 7) is 8.06. The summed E-state index contributed by atoms with van der Waals surface area (Å²) < 4.78 is 0. The Hall–Kier alpha value is -0.0500. The summed E-state index contributed by atoms with van der Waals surface area (Å²) in [5, 5.41) is 0. The van der Waals surface area contributed by atoms with E-state index in [0.717, 1.165) is 11.8 Å². The molecule has 1 heterocycles. The average Bonchev–Trinajstić information content (AvgIpc) is 2.53. The third-order valence-corrected chi connectivity index (χ3v) is 3.33. The Balaban J connectivity index is 0.000000980. The second-order valence-corrected chi connectivity index (χ2v) is 4.73. The van der Waals surface area contributed by atoms with Crippen molar-refractivity contribution < 1.29 is 0 Å². The van der Waals surface area contributed by atoms with Crippen molar-refractivity contribution in [1.29, 1.82) is 0 Å². The molecule has 2 rings (SSSR count). The lowest BCUT2D eigenvalue weighted by Gasteiger charge is -2.17. The van der Waals surface area contributed by atoms with Gasteiger partial charge in [0.25, 0.3) is 0 Å². The van der Waals surface area contributed by atoms with Crippen molar-refractivity contribution in [1.82, 2.24) is 4.90 Å². The zero-order chi connectivity index (χ0) is 9.42. The third kappa shape index (κ3) is 2.50. The first-order valence-electron chi connectivity index (χ1n) is 5.30. The van der Waals surface area contributed by atoms with E-state index in [9.17, 15) is 0 Å². The molecule has 82 valence electrons. The molecular formula is C11H21ClN2. The Morgan fingerprint density at radius 3 is 2.43 bits per heavy atom. The molecule has 2 nitrogen and oxygen atoms in total. The first-order chi connectivity index (χ1) is 6.18. The van der Waals surface area contributed by atoms with E-state index >= 15 is 0 Å². The van der Waals surface area contributed by atoms with Gasteiger partial charge in [-0.3, -0.25) is 0 Å². The number of nitrogens with two attached hydrogens (primary N) is 1. The van der Waals surface area contributed by atoms with Crippen LogP contribution in [0.5, 0.6) is 0 Å². The van der Waals surface area contributed by atoms with E-state index in [2.05, 4.69) is 24.8 Å². The van der Waals surface area contributed by atoms with Crippen LogP contribution in [0.2, 0.25) is 0 Å². The molecule has 0 aromatic rings. The minimum absolute atomic E-state index is 0. The molecule has 3 atom stereocenters. The summed E-state index contributed by atoms with van der Waals surface area (Å²) in [5.74, 6) is 1.68. The number of rotatable bonds is 3. The molecule has 1 saturated heterocycles. The predicted molar refractivity (Wildman–Crippen MR) is 62.7 cm³/mol. The van der Waals surface area contributed by atoms with Crippen LogP contribution in [-0.4, -0.2) is 30.6 Å². The number of allylic oxidation sites excluding steroid dienone is 1. The van der Waals surface area contributed by atoms with Gasteiger partial charge in [0.1, 0.15) is 0 Å². The van der Waals surface area contributed by atoms with Crippen LogP contribution in [0.3, 0.4) is 0 Å². The van der Waals surface area contributed by atoms with Gasteiger partial charge in [-0.15, -0.1) is 12.4 Å². The van der Waals surface area contributed by atoms with Crippen molar-refractivity contribution in [2.75, 3.05) is 19.6 Å². The van der Waals surface area contributed by atoms with Gasteiger partial charge in [-0.25, -0.2) is 0 Å². The largest absolute Gasteiger partial charge is 0.327 e. The Kier molecular flexibility index (Phi) is 3.99. The van der Waals surface area contributed by atoms with Crippen LogP contribution < -0.4 is 5.73 Å². The van der Waals surface area contributed by atoms with E-state index < -0.39 is 0 Å². The van der Waals surface area contributed by atoms with Crippen LogP contribution in [-0.2, 0) is 0 Å². The number of piperidine rings is 1. The van der Waals surface area contributed by atoms with Gasteiger partial charge < -0.3 is 10.6 Å². The Morgan fingerprint density at radius 1 is 1.36 bits per heavy atom. The summed E-state index contributed by atoms with van der Waals surface area (Å²) in [5.41, 5.74) is 7.30. The molecule has 2 aliphatic rings. The smallest absolute Gasteiger partial charge is 0.0127 e. The molecule has 3 heteroatoms. The molecule has 2 fully saturated rings. The molecule has 2 N–H and O–H groups in total. The van der Waals surface area contributed by atoms with E-state index in [-0.39, 0.29) is 12.4 Å². The van der Waals surface area contributed by atoms with Gasteiger partial charge >= 0.3 is 0 Å². The molecule has 0 bridgehead atoms. The maximum absolute atomic E-state index is 5.87. The Bertz CT molecular complexity index is 211. The van der Waals surface area contributed by atoms with Crippen molar-refractivity contribution >= 4 is 12.4 Å². The zero-order valence-corrected chi connectivity index (χ0v) is 9.89. The van der Waals surface area contributed by atoms with Crippen molar-refractivity contribution in [3.63, 3.8) is 0 Å². The summed E-state index contributed by atoms with van der Waals surface area (Å²) in [6.07, 6.45) is 3.53. The molecule has 0 aromatic carbocycles. The normalized spacial score (nSPS) is 34.6. The highest BCUT2D eigenvalue weighted by atomic mass is 35.5. The van der Waals surface area contributed by atoms with E-state index in [1.807, 2.05) is 0 Å². The van der Waals surface area contributed by atoms with Crippen LogP contribution in [0.1, 0.15) is 20.3 Å². The van der Waals surface area contributed by atoms with E-state index in [0.29, 0.717) is 6.04 Å². The van der Waals surface area contributed by atoms with Crippen LogP contribution in [0.25, 0.3) is 0 Å². The molecular weight excluding hydrogens is 196 g/mol. The first-order valence-corrected chi connectivity index (χ1v) is 5.30. The molecule has 0 spiro atoms. The summed E-state index contributed by atoms with van der Waals surface area (Å²) in [7, 11) is 0. The average molecular weight is 217 g/mol.